The van der Waals surface area contributed by atoms with Crippen LogP contribution in [-0.4, -0.2) is 46.0 Å². The summed E-state index contributed by atoms with van der Waals surface area (Å²) in [5.41, 5.74) is 0.903. The molecule has 1 N–H and O–H groups in total. The van der Waals surface area contributed by atoms with E-state index >= 15 is 0 Å². The number of aliphatic carboxylic acids is 1. The average Bonchev–Trinajstić information content (AvgIpc) is 2.46. The first-order valence-electron chi connectivity index (χ1n) is 6.13. The van der Waals surface area contributed by atoms with Gasteiger partial charge in [-0.05, 0) is 23.8 Å². The smallest absolute Gasteiger partial charge is 0.327 e. The van der Waals surface area contributed by atoms with Crippen LogP contribution in [0.5, 0.6) is 0 Å². The number of thioether (sulfide) groups is 1. The van der Waals surface area contributed by atoms with Gasteiger partial charge in [0.15, 0.2) is 0 Å². The van der Waals surface area contributed by atoms with E-state index in [-0.39, 0.29) is 5.91 Å². The van der Waals surface area contributed by atoms with E-state index in [0.29, 0.717) is 12.3 Å². The summed E-state index contributed by atoms with van der Waals surface area (Å²) in [5.74, 6) is 0.0395. The lowest BCUT2D eigenvalue weighted by atomic mass is 10.2. The lowest BCUT2D eigenvalue weighted by molar-refractivity contribution is -0.147. The highest BCUT2D eigenvalue weighted by molar-refractivity contribution is 9.10. The number of amides is 1. The maximum absolute atomic E-state index is 12.1. The topological polar surface area (TPSA) is 57.6 Å². The summed E-state index contributed by atoms with van der Waals surface area (Å²) in [5, 5.41) is 9.14. The Labute approximate surface area is 130 Å². The van der Waals surface area contributed by atoms with Crippen LogP contribution in [0.3, 0.4) is 0 Å². The molecule has 4 nitrogen and oxygen atoms in total. The molecule has 1 amide bonds. The molecule has 2 rings (SSSR count). The summed E-state index contributed by atoms with van der Waals surface area (Å²) >= 11 is 4.91. The Morgan fingerprint density at radius 1 is 1.35 bits per heavy atom. The summed E-state index contributed by atoms with van der Waals surface area (Å²) in [6.45, 7) is 0.477. The van der Waals surface area contributed by atoms with Crippen LogP contribution in [0.1, 0.15) is 5.56 Å². The van der Waals surface area contributed by atoms with Gasteiger partial charge in [0.25, 0.3) is 0 Å². The number of hydrogen-bond acceptors (Lipinski definition) is 3. The minimum Gasteiger partial charge on any atom is -0.480 e. The number of halogens is 1. The van der Waals surface area contributed by atoms with Crippen molar-refractivity contribution in [2.24, 2.45) is 0 Å². The van der Waals surface area contributed by atoms with E-state index in [0.717, 1.165) is 15.8 Å². The Kier molecular flexibility index (Phi) is 5.25. The maximum atomic E-state index is 12.1. The molecule has 1 atom stereocenters. The van der Waals surface area contributed by atoms with Crippen LogP contribution in [0, 0.1) is 0 Å². The molecule has 6 heteroatoms. The van der Waals surface area contributed by atoms with Gasteiger partial charge in [0.1, 0.15) is 6.04 Å². The summed E-state index contributed by atoms with van der Waals surface area (Å²) in [4.78, 5) is 24.7. The molecule has 1 unspecified atom stereocenters. The molecule has 1 aliphatic rings. The third-order valence-corrected chi connectivity index (χ3v) is 4.54. The Balaban J connectivity index is 2.06. The van der Waals surface area contributed by atoms with Crippen LogP contribution >= 0.6 is 27.7 Å². The van der Waals surface area contributed by atoms with Crippen molar-refractivity contribution in [2.45, 2.75) is 6.04 Å². The Bertz CT molecular complexity index is 530. The van der Waals surface area contributed by atoms with Gasteiger partial charge in [-0.15, -0.1) is 0 Å². The number of nitrogens with zero attached hydrogens (tertiary/aromatic N) is 1. The van der Waals surface area contributed by atoms with Crippen LogP contribution in [0.25, 0.3) is 6.08 Å². The summed E-state index contributed by atoms with van der Waals surface area (Å²) in [6.07, 6.45) is 3.14. The third kappa shape index (κ3) is 3.86. The molecule has 1 heterocycles. The van der Waals surface area contributed by atoms with E-state index in [2.05, 4.69) is 15.9 Å². The van der Waals surface area contributed by atoms with E-state index in [4.69, 9.17) is 5.11 Å². The predicted molar refractivity (Wildman–Crippen MR) is 83.6 cm³/mol. The minimum atomic E-state index is -0.942. The van der Waals surface area contributed by atoms with Crippen molar-refractivity contribution < 1.29 is 14.7 Å². The standard InChI is InChI=1S/C14H14BrNO3S/c15-11-4-1-10(2-5-11)3-6-13(17)16-7-8-20-9-12(16)14(18)19/h1-6,12H,7-9H2,(H,18,19)/b6-3+. The van der Waals surface area contributed by atoms with E-state index in [9.17, 15) is 9.59 Å². The van der Waals surface area contributed by atoms with E-state index < -0.39 is 12.0 Å². The van der Waals surface area contributed by atoms with Crippen molar-refractivity contribution in [3.63, 3.8) is 0 Å². The number of rotatable bonds is 3. The largest absolute Gasteiger partial charge is 0.480 e. The highest BCUT2D eigenvalue weighted by Gasteiger charge is 2.31. The molecule has 1 fully saturated rings. The van der Waals surface area contributed by atoms with E-state index in [1.54, 1.807) is 17.8 Å². The molecule has 0 radical (unpaired) electrons. The normalized spacial score (nSPS) is 19.2. The van der Waals surface area contributed by atoms with Crippen molar-refractivity contribution in [1.82, 2.24) is 4.90 Å². The van der Waals surface area contributed by atoms with Gasteiger partial charge in [0, 0.05) is 28.6 Å². The Morgan fingerprint density at radius 2 is 2.05 bits per heavy atom. The van der Waals surface area contributed by atoms with Gasteiger partial charge in [0.2, 0.25) is 5.91 Å². The van der Waals surface area contributed by atoms with Crippen LogP contribution in [0.15, 0.2) is 34.8 Å². The second-order valence-electron chi connectivity index (χ2n) is 4.35. The molecule has 0 spiro atoms. The van der Waals surface area contributed by atoms with Crippen LogP contribution in [-0.2, 0) is 9.59 Å². The fourth-order valence-corrected chi connectivity index (χ4v) is 3.21. The molecule has 0 bridgehead atoms. The Hall–Kier alpha value is -1.27. The number of carboxylic acid groups (broad SMARTS) is 1. The fraction of sp³-hybridized carbons (Fsp3) is 0.286. The van der Waals surface area contributed by atoms with Crippen molar-refractivity contribution in [1.29, 1.82) is 0 Å². The number of carboxylic acids is 1. The van der Waals surface area contributed by atoms with Crippen LogP contribution < -0.4 is 0 Å². The lowest BCUT2D eigenvalue weighted by Crippen LogP contribution is -2.49. The SMILES string of the molecule is O=C(O)C1CSCCN1C(=O)/C=C/c1ccc(Br)cc1. The molecular weight excluding hydrogens is 342 g/mol. The molecular formula is C14H14BrNO3S. The quantitative estimate of drug-likeness (QED) is 0.846. The van der Waals surface area contributed by atoms with Gasteiger partial charge in [0.05, 0.1) is 0 Å². The molecule has 20 heavy (non-hydrogen) atoms. The second kappa shape index (κ2) is 6.95. The first-order valence-corrected chi connectivity index (χ1v) is 8.07. The van der Waals surface area contributed by atoms with Gasteiger partial charge < -0.3 is 10.0 Å². The van der Waals surface area contributed by atoms with Crippen molar-refractivity contribution >= 4 is 45.6 Å². The lowest BCUT2D eigenvalue weighted by Gasteiger charge is -2.31. The monoisotopic (exact) mass is 355 g/mol. The van der Waals surface area contributed by atoms with Gasteiger partial charge in [-0.1, -0.05) is 28.1 Å². The molecule has 0 aromatic heterocycles. The highest BCUT2D eigenvalue weighted by atomic mass is 79.9. The van der Waals surface area contributed by atoms with Crippen molar-refractivity contribution in [3.05, 3.63) is 40.4 Å². The van der Waals surface area contributed by atoms with Crippen molar-refractivity contribution in [2.75, 3.05) is 18.1 Å². The molecule has 1 aliphatic heterocycles. The molecule has 106 valence electrons. The average molecular weight is 356 g/mol. The zero-order chi connectivity index (χ0) is 14.5. The summed E-state index contributed by atoms with van der Waals surface area (Å²) < 4.78 is 0.972. The van der Waals surface area contributed by atoms with E-state index in [1.807, 2.05) is 24.3 Å². The molecule has 1 aromatic carbocycles. The highest BCUT2D eigenvalue weighted by Crippen LogP contribution is 2.18. The molecule has 1 aromatic rings. The van der Waals surface area contributed by atoms with Crippen LogP contribution in [0.2, 0.25) is 0 Å². The zero-order valence-corrected chi connectivity index (χ0v) is 13.1. The maximum Gasteiger partial charge on any atom is 0.327 e. The van der Waals surface area contributed by atoms with Crippen molar-refractivity contribution in [3.8, 4) is 0 Å². The predicted octanol–water partition coefficient (Wildman–Crippen LogP) is 2.49. The molecule has 0 saturated carbocycles. The van der Waals surface area contributed by atoms with Gasteiger partial charge in [-0.25, -0.2) is 4.79 Å². The van der Waals surface area contributed by atoms with Gasteiger partial charge in [-0.3, -0.25) is 4.79 Å². The Morgan fingerprint density at radius 3 is 2.70 bits per heavy atom. The third-order valence-electron chi connectivity index (χ3n) is 2.98. The number of carbonyl (C=O) groups is 2. The second-order valence-corrected chi connectivity index (χ2v) is 6.41. The summed E-state index contributed by atoms with van der Waals surface area (Å²) in [7, 11) is 0. The zero-order valence-electron chi connectivity index (χ0n) is 10.7. The molecule has 1 saturated heterocycles. The summed E-state index contributed by atoms with van der Waals surface area (Å²) in [6, 6.07) is 6.82. The number of carbonyl (C=O) groups excluding carboxylic acids is 1. The van der Waals surface area contributed by atoms with Gasteiger partial charge >= 0.3 is 5.97 Å². The first-order chi connectivity index (χ1) is 9.58. The number of benzene rings is 1. The van der Waals surface area contributed by atoms with Gasteiger partial charge in [-0.2, -0.15) is 11.8 Å². The number of hydrogen-bond donors (Lipinski definition) is 1. The van der Waals surface area contributed by atoms with E-state index in [1.165, 1.54) is 11.0 Å². The minimum absolute atomic E-state index is 0.249. The first kappa shape index (κ1) is 15.1. The molecule has 0 aliphatic carbocycles. The fourth-order valence-electron chi connectivity index (χ4n) is 1.91. The van der Waals surface area contributed by atoms with Crippen LogP contribution in [0.4, 0.5) is 0 Å².